The average molecular weight is 525 g/mol. The number of piperazine rings is 1. The highest BCUT2D eigenvalue weighted by Gasteiger charge is 2.34. The molecule has 0 amide bonds. The topological polar surface area (TPSA) is 13.0 Å². The fourth-order valence-electron chi connectivity index (χ4n) is 4.91. The molecular formula is C25H32BrF3N4. The van der Waals surface area contributed by atoms with Gasteiger partial charge >= 0.3 is 6.18 Å². The summed E-state index contributed by atoms with van der Waals surface area (Å²) < 4.78 is 42.4. The average Bonchev–Trinajstić information content (AvgIpc) is 3.18. The van der Waals surface area contributed by atoms with Crippen molar-refractivity contribution >= 4 is 27.3 Å². The molecule has 0 radical (unpaired) electrons. The minimum absolute atomic E-state index is 0.314. The van der Waals surface area contributed by atoms with Gasteiger partial charge in [0.25, 0.3) is 0 Å². The van der Waals surface area contributed by atoms with Crippen molar-refractivity contribution in [2.24, 2.45) is 0 Å². The molecule has 2 aromatic rings. The largest absolute Gasteiger partial charge is 0.416 e. The summed E-state index contributed by atoms with van der Waals surface area (Å²) in [5.41, 5.74) is 1.85. The van der Waals surface area contributed by atoms with E-state index in [2.05, 4.69) is 54.7 Å². The molecule has 2 aliphatic rings. The molecule has 33 heavy (non-hydrogen) atoms. The summed E-state index contributed by atoms with van der Waals surface area (Å²) in [6.07, 6.45) is -2.03. The van der Waals surface area contributed by atoms with Gasteiger partial charge in [-0.25, -0.2) is 0 Å². The predicted octanol–water partition coefficient (Wildman–Crippen LogP) is 5.32. The van der Waals surface area contributed by atoms with Gasteiger partial charge in [-0.05, 0) is 74.5 Å². The quantitative estimate of drug-likeness (QED) is 0.506. The molecule has 2 fully saturated rings. The maximum Gasteiger partial charge on any atom is 0.416 e. The summed E-state index contributed by atoms with van der Waals surface area (Å²) in [6, 6.07) is 13.3. The number of nitrogens with zero attached hydrogens (tertiary/aromatic N) is 4. The molecule has 2 aliphatic heterocycles. The molecule has 2 saturated heterocycles. The maximum absolute atomic E-state index is 13.8. The minimum Gasteiger partial charge on any atom is -0.373 e. The highest BCUT2D eigenvalue weighted by Crippen LogP contribution is 2.35. The van der Waals surface area contributed by atoms with Gasteiger partial charge in [0, 0.05) is 68.2 Å². The van der Waals surface area contributed by atoms with E-state index < -0.39 is 11.7 Å². The third kappa shape index (κ3) is 6.03. The number of likely N-dealkylation sites (tertiary alicyclic amines) is 1. The first-order valence-electron chi connectivity index (χ1n) is 11.5. The smallest absolute Gasteiger partial charge is 0.373 e. The lowest BCUT2D eigenvalue weighted by Gasteiger charge is -2.36. The Morgan fingerprint density at radius 2 is 1.70 bits per heavy atom. The fraction of sp³-hybridized carbons (Fsp3) is 0.520. The Hall–Kier alpha value is -1.77. The van der Waals surface area contributed by atoms with Gasteiger partial charge in [-0.2, -0.15) is 13.2 Å². The molecular weight excluding hydrogens is 493 g/mol. The number of likely N-dealkylation sites (N-methyl/N-ethyl adjacent to an activating group) is 2. The third-order valence-corrected chi connectivity index (χ3v) is 7.48. The third-order valence-electron chi connectivity index (χ3n) is 6.95. The number of benzene rings is 2. The Labute approximate surface area is 203 Å². The second kappa shape index (κ2) is 10.2. The lowest BCUT2D eigenvalue weighted by atomic mass is 10.0. The molecule has 4 rings (SSSR count). The van der Waals surface area contributed by atoms with Crippen molar-refractivity contribution in [3.05, 3.63) is 58.1 Å². The molecule has 0 aromatic heterocycles. The zero-order chi connectivity index (χ0) is 23.6. The van der Waals surface area contributed by atoms with E-state index in [-0.39, 0.29) is 0 Å². The highest BCUT2D eigenvalue weighted by atomic mass is 79.9. The van der Waals surface area contributed by atoms with Crippen LogP contribution in [0.25, 0.3) is 0 Å². The van der Waals surface area contributed by atoms with Crippen LogP contribution in [0, 0.1) is 0 Å². The summed E-state index contributed by atoms with van der Waals surface area (Å²) in [4.78, 5) is 8.86. The Bertz CT molecular complexity index is 926. The van der Waals surface area contributed by atoms with Gasteiger partial charge in [-0.1, -0.05) is 15.9 Å². The van der Waals surface area contributed by atoms with Gasteiger partial charge in [-0.3, -0.25) is 4.90 Å². The second-order valence-corrected chi connectivity index (χ2v) is 10.2. The van der Waals surface area contributed by atoms with Crippen LogP contribution in [0.2, 0.25) is 0 Å². The van der Waals surface area contributed by atoms with E-state index in [1.54, 1.807) is 12.1 Å². The Balaban J connectivity index is 1.45. The fourth-order valence-corrected chi connectivity index (χ4v) is 5.18. The van der Waals surface area contributed by atoms with Crippen molar-refractivity contribution in [1.29, 1.82) is 0 Å². The summed E-state index contributed by atoms with van der Waals surface area (Å²) >= 11 is 3.46. The highest BCUT2D eigenvalue weighted by molar-refractivity contribution is 9.10. The van der Waals surface area contributed by atoms with E-state index >= 15 is 0 Å². The van der Waals surface area contributed by atoms with Gasteiger partial charge in [0.2, 0.25) is 0 Å². The molecule has 8 heteroatoms. The van der Waals surface area contributed by atoms with Gasteiger partial charge in [0.05, 0.1) is 5.56 Å². The Morgan fingerprint density at radius 3 is 2.30 bits per heavy atom. The van der Waals surface area contributed by atoms with Crippen molar-refractivity contribution in [2.75, 3.05) is 63.2 Å². The molecule has 4 nitrogen and oxygen atoms in total. The number of alkyl halides is 3. The van der Waals surface area contributed by atoms with Crippen LogP contribution in [-0.4, -0.2) is 69.2 Å². The molecule has 0 aliphatic carbocycles. The lowest BCUT2D eigenvalue weighted by molar-refractivity contribution is -0.138. The van der Waals surface area contributed by atoms with Crippen molar-refractivity contribution < 1.29 is 13.2 Å². The molecule has 2 aromatic carbocycles. The summed E-state index contributed by atoms with van der Waals surface area (Å²) in [5, 5.41) is 0. The van der Waals surface area contributed by atoms with Crippen LogP contribution >= 0.6 is 15.9 Å². The SMILES string of the molecule is CN(CC1CCCN1C)c1ccc(C(F)(F)F)c(CN2CCN(c3ccc(Br)cc3)CC2)c1. The van der Waals surface area contributed by atoms with E-state index in [1.165, 1.54) is 12.5 Å². The predicted molar refractivity (Wildman–Crippen MR) is 132 cm³/mol. The standard InChI is InChI=1S/C25H32BrF3N4/c1-30-11-3-4-23(30)18-31(2)22-9-10-24(25(27,28)29)19(16-22)17-32-12-14-33(15-13-32)21-7-5-20(26)6-8-21/h5-10,16,23H,3-4,11-15,17-18H2,1-2H3. The van der Waals surface area contributed by atoms with Crippen LogP contribution in [0.1, 0.15) is 24.0 Å². The van der Waals surface area contributed by atoms with E-state index in [1.807, 2.05) is 19.2 Å². The molecule has 1 atom stereocenters. The number of anilines is 2. The van der Waals surface area contributed by atoms with E-state index in [4.69, 9.17) is 0 Å². The zero-order valence-corrected chi connectivity index (χ0v) is 20.9. The van der Waals surface area contributed by atoms with Crippen LogP contribution < -0.4 is 9.80 Å². The Kier molecular flexibility index (Phi) is 7.56. The molecule has 0 saturated carbocycles. The van der Waals surface area contributed by atoms with Crippen molar-refractivity contribution in [3.8, 4) is 0 Å². The molecule has 0 bridgehead atoms. The molecule has 2 heterocycles. The van der Waals surface area contributed by atoms with Gasteiger partial charge < -0.3 is 14.7 Å². The molecule has 180 valence electrons. The molecule has 0 N–H and O–H groups in total. The van der Waals surface area contributed by atoms with Crippen LogP contribution in [0.3, 0.4) is 0 Å². The van der Waals surface area contributed by atoms with E-state index in [0.717, 1.165) is 61.5 Å². The summed E-state index contributed by atoms with van der Waals surface area (Å²) in [7, 11) is 4.10. The monoisotopic (exact) mass is 524 g/mol. The van der Waals surface area contributed by atoms with Crippen LogP contribution in [0.5, 0.6) is 0 Å². The second-order valence-electron chi connectivity index (χ2n) is 9.24. The summed E-state index contributed by atoms with van der Waals surface area (Å²) in [5.74, 6) is 0. The number of hydrogen-bond donors (Lipinski definition) is 0. The number of rotatable bonds is 6. The summed E-state index contributed by atoms with van der Waals surface area (Å²) in [6.45, 7) is 5.30. The minimum atomic E-state index is -4.35. The number of halogens is 4. The molecule has 0 spiro atoms. The van der Waals surface area contributed by atoms with Crippen LogP contribution in [-0.2, 0) is 12.7 Å². The van der Waals surface area contributed by atoms with Gasteiger partial charge in [0.1, 0.15) is 0 Å². The number of hydrogen-bond acceptors (Lipinski definition) is 4. The van der Waals surface area contributed by atoms with Gasteiger partial charge in [-0.15, -0.1) is 0 Å². The van der Waals surface area contributed by atoms with E-state index in [0.29, 0.717) is 18.2 Å². The van der Waals surface area contributed by atoms with Crippen LogP contribution in [0.15, 0.2) is 46.9 Å². The molecule has 1 unspecified atom stereocenters. The van der Waals surface area contributed by atoms with Gasteiger partial charge in [0.15, 0.2) is 0 Å². The first-order valence-corrected chi connectivity index (χ1v) is 12.3. The normalized spacial score (nSPS) is 20.4. The Morgan fingerprint density at radius 1 is 1.00 bits per heavy atom. The first kappa shape index (κ1) is 24.4. The lowest BCUT2D eigenvalue weighted by Crippen LogP contribution is -2.46. The van der Waals surface area contributed by atoms with Crippen LogP contribution in [0.4, 0.5) is 24.5 Å². The van der Waals surface area contributed by atoms with Crippen molar-refractivity contribution in [3.63, 3.8) is 0 Å². The maximum atomic E-state index is 13.8. The van der Waals surface area contributed by atoms with Crippen molar-refractivity contribution in [1.82, 2.24) is 9.80 Å². The first-order chi connectivity index (χ1) is 15.7. The zero-order valence-electron chi connectivity index (χ0n) is 19.3. The van der Waals surface area contributed by atoms with Crippen molar-refractivity contribution in [2.45, 2.75) is 31.6 Å². The van der Waals surface area contributed by atoms with E-state index in [9.17, 15) is 13.2 Å².